The number of rotatable bonds is 3. The number of ether oxygens (including phenoxy) is 1. The number of halogens is 1. The number of pyridine rings is 1. The van der Waals surface area contributed by atoms with Crippen LogP contribution in [0.5, 0.6) is 11.5 Å². The third-order valence-corrected chi connectivity index (χ3v) is 6.93. The molecule has 0 atom stereocenters. The van der Waals surface area contributed by atoms with Crippen molar-refractivity contribution in [1.29, 1.82) is 0 Å². The Morgan fingerprint density at radius 1 is 1.12 bits per heavy atom. The third-order valence-electron chi connectivity index (χ3n) is 5.82. The maximum Gasteiger partial charge on any atom is 0.354 e. The number of hydrogen-bond donors (Lipinski definition) is 1. The Labute approximate surface area is 185 Å². The summed E-state index contributed by atoms with van der Waals surface area (Å²) in [7, 11) is 1.57. The van der Waals surface area contributed by atoms with Crippen molar-refractivity contribution in [2.45, 2.75) is 29.1 Å². The number of hydrogen-bond acceptors (Lipinski definition) is 6. The molecule has 0 fully saturated rings. The summed E-state index contributed by atoms with van der Waals surface area (Å²) in [6.07, 6.45) is 0. The van der Waals surface area contributed by atoms with Gasteiger partial charge in [-0.1, -0.05) is 37.7 Å². The summed E-state index contributed by atoms with van der Waals surface area (Å²) in [6.45, 7) is 3.91. The molecule has 1 aliphatic heterocycles. The molecule has 0 bridgehead atoms. The first-order chi connectivity index (χ1) is 15.2. The molecule has 4 aromatic rings. The topological polar surface area (TPSA) is 81.7 Å². The van der Waals surface area contributed by atoms with E-state index in [1.165, 1.54) is 22.8 Å². The van der Waals surface area contributed by atoms with Gasteiger partial charge in [0, 0.05) is 22.1 Å². The van der Waals surface area contributed by atoms with Gasteiger partial charge in [-0.15, -0.1) is 0 Å². The monoisotopic (exact) mass is 451 g/mol. The van der Waals surface area contributed by atoms with E-state index in [4.69, 9.17) is 9.15 Å². The molecule has 1 N–H and O–H groups in total. The van der Waals surface area contributed by atoms with E-state index < -0.39 is 28.2 Å². The van der Waals surface area contributed by atoms with E-state index in [1.54, 1.807) is 31.4 Å². The molecule has 0 amide bonds. The minimum atomic E-state index is -0.845. The SMILES string of the molecule is COc1ccc2c(c1)C(C)(C)c1cc3oc(=O)c(Sc4ccccc4F)c(O)c3c(=O)n1-2. The van der Waals surface area contributed by atoms with Crippen LogP contribution in [0.15, 0.2) is 72.3 Å². The van der Waals surface area contributed by atoms with Crippen molar-refractivity contribution in [3.05, 3.63) is 86.4 Å². The number of aromatic hydroxyl groups is 1. The fourth-order valence-corrected chi connectivity index (χ4v) is 5.00. The van der Waals surface area contributed by atoms with Crippen LogP contribution in [0.25, 0.3) is 16.7 Å². The Morgan fingerprint density at radius 2 is 1.88 bits per heavy atom. The highest BCUT2D eigenvalue weighted by Gasteiger charge is 2.38. The molecule has 2 aromatic carbocycles. The lowest BCUT2D eigenvalue weighted by Crippen LogP contribution is -2.24. The van der Waals surface area contributed by atoms with Gasteiger partial charge in [-0.05, 0) is 35.9 Å². The summed E-state index contributed by atoms with van der Waals surface area (Å²) in [5, 5.41) is 10.8. The second kappa shape index (κ2) is 7.00. The van der Waals surface area contributed by atoms with Crippen LogP contribution in [-0.2, 0) is 5.41 Å². The quantitative estimate of drug-likeness (QED) is 0.491. The van der Waals surface area contributed by atoms with E-state index in [1.807, 2.05) is 19.9 Å². The van der Waals surface area contributed by atoms with E-state index in [0.29, 0.717) is 17.1 Å². The Hall–Kier alpha value is -3.52. The predicted octanol–water partition coefficient (Wildman–Crippen LogP) is 4.59. The van der Waals surface area contributed by atoms with Crippen molar-refractivity contribution in [3.63, 3.8) is 0 Å². The van der Waals surface area contributed by atoms with E-state index in [-0.39, 0.29) is 20.8 Å². The first-order valence-corrected chi connectivity index (χ1v) is 10.6. The zero-order valence-corrected chi connectivity index (χ0v) is 18.2. The van der Waals surface area contributed by atoms with Crippen LogP contribution in [0.3, 0.4) is 0 Å². The van der Waals surface area contributed by atoms with Crippen molar-refractivity contribution in [1.82, 2.24) is 4.57 Å². The van der Waals surface area contributed by atoms with E-state index >= 15 is 0 Å². The van der Waals surface area contributed by atoms with Crippen LogP contribution < -0.4 is 15.9 Å². The number of benzene rings is 2. The van der Waals surface area contributed by atoms with Crippen molar-refractivity contribution in [3.8, 4) is 17.2 Å². The maximum absolute atomic E-state index is 14.1. The zero-order valence-electron chi connectivity index (χ0n) is 17.4. The van der Waals surface area contributed by atoms with Gasteiger partial charge in [-0.2, -0.15) is 0 Å². The van der Waals surface area contributed by atoms with E-state index in [9.17, 15) is 19.1 Å². The van der Waals surface area contributed by atoms with Crippen LogP contribution in [0.4, 0.5) is 4.39 Å². The average Bonchev–Trinajstić information content (AvgIpc) is 2.98. The molecule has 5 rings (SSSR count). The van der Waals surface area contributed by atoms with Gasteiger partial charge >= 0.3 is 5.63 Å². The molecule has 162 valence electrons. The lowest BCUT2D eigenvalue weighted by Gasteiger charge is -2.20. The van der Waals surface area contributed by atoms with Crippen LogP contribution >= 0.6 is 11.8 Å². The molecule has 32 heavy (non-hydrogen) atoms. The highest BCUT2D eigenvalue weighted by Crippen LogP contribution is 2.45. The minimum absolute atomic E-state index is 0.0190. The molecule has 0 spiro atoms. The average molecular weight is 451 g/mol. The second-order valence-corrected chi connectivity index (χ2v) is 9.07. The highest BCUT2D eigenvalue weighted by atomic mass is 32.2. The molecular formula is C24H18FNO5S. The van der Waals surface area contributed by atoms with Crippen molar-refractivity contribution < 1.29 is 18.7 Å². The molecule has 0 saturated carbocycles. The van der Waals surface area contributed by atoms with Gasteiger partial charge in [0.05, 0.1) is 12.8 Å². The fraction of sp³-hybridized carbons (Fsp3) is 0.167. The molecule has 0 radical (unpaired) electrons. The number of methoxy groups -OCH3 is 1. The summed E-state index contributed by atoms with van der Waals surface area (Å²) in [5.41, 5.74) is 0.184. The Morgan fingerprint density at radius 3 is 2.59 bits per heavy atom. The molecule has 8 heteroatoms. The van der Waals surface area contributed by atoms with Gasteiger partial charge in [0.25, 0.3) is 5.56 Å². The largest absolute Gasteiger partial charge is 0.505 e. The lowest BCUT2D eigenvalue weighted by atomic mass is 9.83. The van der Waals surface area contributed by atoms with Crippen LogP contribution in [0.2, 0.25) is 0 Å². The van der Waals surface area contributed by atoms with E-state index in [0.717, 1.165) is 17.3 Å². The number of fused-ring (bicyclic) bond motifs is 4. The van der Waals surface area contributed by atoms with Crippen LogP contribution in [-0.4, -0.2) is 16.8 Å². The van der Waals surface area contributed by atoms with Gasteiger partial charge in [0.1, 0.15) is 27.4 Å². The molecule has 1 aliphatic rings. The van der Waals surface area contributed by atoms with Crippen LogP contribution in [0, 0.1) is 5.82 Å². The van der Waals surface area contributed by atoms with Crippen molar-refractivity contribution in [2.24, 2.45) is 0 Å². The number of nitrogens with zero attached hydrogens (tertiary/aromatic N) is 1. The molecule has 6 nitrogen and oxygen atoms in total. The Bertz CT molecular complexity index is 1540. The Balaban J connectivity index is 1.79. The van der Waals surface area contributed by atoms with Gasteiger partial charge in [0.2, 0.25) is 0 Å². The van der Waals surface area contributed by atoms with Crippen molar-refractivity contribution >= 4 is 22.7 Å². The third kappa shape index (κ3) is 2.79. The first-order valence-electron chi connectivity index (χ1n) is 9.81. The standard InChI is InChI=1S/C24H18FNO5S/c1-24(2)13-10-12(30-3)8-9-15(13)26-18(24)11-16-19(22(26)28)20(27)21(23(29)31-16)32-17-7-5-4-6-14(17)25/h4-11,27H,1-3H3. The molecule has 0 unspecified atom stereocenters. The first kappa shape index (κ1) is 20.4. The lowest BCUT2D eigenvalue weighted by molar-refractivity contribution is 0.413. The summed E-state index contributed by atoms with van der Waals surface area (Å²) in [5.74, 6) is -0.420. The Kier molecular flexibility index (Phi) is 4.46. The fourth-order valence-electron chi connectivity index (χ4n) is 4.14. The molecular weight excluding hydrogens is 433 g/mol. The normalized spacial score (nSPS) is 13.8. The predicted molar refractivity (Wildman–Crippen MR) is 119 cm³/mol. The van der Waals surface area contributed by atoms with Gasteiger partial charge < -0.3 is 14.3 Å². The van der Waals surface area contributed by atoms with Gasteiger partial charge in [-0.3, -0.25) is 9.36 Å². The zero-order chi connectivity index (χ0) is 22.8. The minimum Gasteiger partial charge on any atom is -0.505 e. The van der Waals surface area contributed by atoms with Gasteiger partial charge in [0.15, 0.2) is 5.75 Å². The van der Waals surface area contributed by atoms with E-state index in [2.05, 4.69) is 0 Å². The van der Waals surface area contributed by atoms with Crippen molar-refractivity contribution in [2.75, 3.05) is 7.11 Å². The summed E-state index contributed by atoms with van der Waals surface area (Å²) in [6, 6.07) is 12.9. The molecule has 2 aromatic heterocycles. The van der Waals surface area contributed by atoms with Gasteiger partial charge in [-0.25, -0.2) is 9.18 Å². The molecule has 0 aliphatic carbocycles. The second-order valence-electron chi connectivity index (χ2n) is 8.02. The highest BCUT2D eigenvalue weighted by molar-refractivity contribution is 7.99. The maximum atomic E-state index is 14.1. The summed E-state index contributed by atoms with van der Waals surface area (Å²) >= 11 is 0.719. The smallest absolute Gasteiger partial charge is 0.354 e. The summed E-state index contributed by atoms with van der Waals surface area (Å²) in [4.78, 5) is 26.1. The number of aromatic nitrogens is 1. The van der Waals surface area contributed by atoms with Crippen LogP contribution in [0.1, 0.15) is 25.1 Å². The molecule has 3 heterocycles. The molecule has 0 saturated heterocycles. The summed E-state index contributed by atoms with van der Waals surface area (Å²) < 4.78 is 26.4.